The molecule has 6 nitrogen and oxygen atoms in total. The molecule has 2 atom stereocenters. The highest BCUT2D eigenvalue weighted by atomic mass is 16.5. The van der Waals surface area contributed by atoms with Gasteiger partial charge in [-0.15, -0.1) is 0 Å². The Balaban J connectivity index is 1.93. The van der Waals surface area contributed by atoms with Gasteiger partial charge in [0.2, 0.25) is 0 Å². The first-order chi connectivity index (χ1) is 9.32. The van der Waals surface area contributed by atoms with Crippen LogP contribution in [0.15, 0.2) is 0 Å². The number of carboxylic acid groups (broad SMARTS) is 1. The predicted octanol–water partition coefficient (Wildman–Crippen LogP) is 1.40. The summed E-state index contributed by atoms with van der Waals surface area (Å²) in [6, 6.07) is 0.0134. The van der Waals surface area contributed by atoms with Gasteiger partial charge < -0.3 is 19.6 Å². The lowest BCUT2D eigenvalue weighted by molar-refractivity contribution is -0.150. The molecule has 2 heterocycles. The van der Waals surface area contributed by atoms with Gasteiger partial charge >= 0.3 is 12.0 Å². The van der Waals surface area contributed by atoms with Crippen LogP contribution < -0.4 is 0 Å². The van der Waals surface area contributed by atoms with Gasteiger partial charge in [0.15, 0.2) is 0 Å². The molecule has 0 aromatic rings. The van der Waals surface area contributed by atoms with Crippen molar-refractivity contribution >= 4 is 12.0 Å². The molecular weight excluding hydrogens is 260 g/mol. The highest BCUT2D eigenvalue weighted by molar-refractivity contribution is 5.77. The number of ether oxygens (including phenoxy) is 1. The molecule has 0 bridgehead atoms. The average Bonchev–Trinajstić information content (AvgIpc) is 2.37. The topological polar surface area (TPSA) is 70.1 Å². The van der Waals surface area contributed by atoms with Crippen LogP contribution in [-0.4, -0.2) is 65.3 Å². The number of carboxylic acids is 1. The van der Waals surface area contributed by atoms with E-state index < -0.39 is 11.4 Å². The van der Waals surface area contributed by atoms with E-state index >= 15 is 0 Å². The number of likely N-dealkylation sites (tertiary alicyclic amines) is 1. The third kappa shape index (κ3) is 3.06. The van der Waals surface area contributed by atoms with Gasteiger partial charge in [0.25, 0.3) is 0 Å². The van der Waals surface area contributed by atoms with Crippen molar-refractivity contribution in [1.29, 1.82) is 0 Å². The zero-order valence-electron chi connectivity index (χ0n) is 12.5. The minimum atomic E-state index is -0.766. The summed E-state index contributed by atoms with van der Waals surface area (Å²) < 4.78 is 5.63. The van der Waals surface area contributed by atoms with E-state index in [0.29, 0.717) is 39.0 Å². The molecule has 6 heteroatoms. The van der Waals surface area contributed by atoms with Crippen LogP contribution in [0.4, 0.5) is 4.79 Å². The van der Waals surface area contributed by atoms with E-state index in [1.165, 1.54) is 0 Å². The number of urea groups is 1. The molecule has 2 rings (SSSR count). The summed E-state index contributed by atoms with van der Waals surface area (Å²) in [4.78, 5) is 27.3. The zero-order chi connectivity index (χ0) is 14.9. The number of aliphatic carboxylic acids is 1. The van der Waals surface area contributed by atoms with E-state index in [4.69, 9.17) is 4.74 Å². The molecule has 0 saturated carbocycles. The lowest BCUT2D eigenvalue weighted by Crippen LogP contribution is -2.55. The quantitative estimate of drug-likeness (QED) is 0.790. The monoisotopic (exact) mass is 284 g/mol. The highest BCUT2D eigenvalue weighted by Crippen LogP contribution is 2.31. The van der Waals surface area contributed by atoms with Crippen LogP contribution in [0.25, 0.3) is 0 Å². The number of amides is 2. The van der Waals surface area contributed by atoms with E-state index in [2.05, 4.69) is 0 Å². The Morgan fingerprint density at radius 3 is 2.05 bits per heavy atom. The molecule has 2 aliphatic heterocycles. The standard InChI is InChI=1S/C14H24N2O4/c1-10-8-16(9-11(2)20-10)13(19)15-6-4-14(3,5-7-15)12(17)18/h10-11H,4-9H2,1-3H3,(H,17,18)/t10-,11+. The van der Waals surface area contributed by atoms with Crippen LogP contribution in [0, 0.1) is 5.41 Å². The summed E-state index contributed by atoms with van der Waals surface area (Å²) in [7, 11) is 0. The summed E-state index contributed by atoms with van der Waals surface area (Å²) in [5, 5.41) is 9.21. The van der Waals surface area contributed by atoms with Gasteiger partial charge in [0.05, 0.1) is 17.6 Å². The number of hydrogen-bond acceptors (Lipinski definition) is 3. The SMILES string of the molecule is C[C@@H]1CN(C(=O)N2CCC(C)(C(=O)O)CC2)C[C@H](C)O1. The predicted molar refractivity (Wildman–Crippen MR) is 73.5 cm³/mol. The van der Waals surface area contributed by atoms with Crippen molar-refractivity contribution in [3.8, 4) is 0 Å². The third-order valence-electron chi connectivity index (χ3n) is 4.34. The normalized spacial score (nSPS) is 30.1. The van der Waals surface area contributed by atoms with Gasteiger partial charge in [-0.05, 0) is 33.6 Å². The first kappa shape index (κ1) is 15.1. The number of nitrogens with zero attached hydrogens (tertiary/aromatic N) is 2. The van der Waals surface area contributed by atoms with Crippen LogP contribution in [0.1, 0.15) is 33.6 Å². The first-order valence-corrected chi connectivity index (χ1v) is 7.24. The Labute approximate surface area is 119 Å². The van der Waals surface area contributed by atoms with Crippen LogP contribution in [0.3, 0.4) is 0 Å². The van der Waals surface area contributed by atoms with Crippen molar-refractivity contribution in [3.63, 3.8) is 0 Å². The van der Waals surface area contributed by atoms with Crippen molar-refractivity contribution < 1.29 is 19.4 Å². The van der Waals surface area contributed by atoms with Crippen molar-refractivity contribution in [2.24, 2.45) is 5.41 Å². The summed E-state index contributed by atoms with van der Waals surface area (Å²) in [5.74, 6) is -0.766. The molecule has 0 aromatic carbocycles. The maximum absolute atomic E-state index is 12.5. The minimum Gasteiger partial charge on any atom is -0.481 e. The second-order valence-corrected chi connectivity index (χ2v) is 6.30. The van der Waals surface area contributed by atoms with E-state index in [1.807, 2.05) is 18.7 Å². The number of rotatable bonds is 1. The minimum absolute atomic E-state index is 0.0134. The van der Waals surface area contributed by atoms with Crippen LogP contribution >= 0.6 is 0 Å². The molecular formula is C14H24N2O4. The van der Waals surface area contributed by atoms with Crippen LogP contribution in [0.5, 0.6) is 0 Å². The molecule has 2 aliphatic rings. The van der Waals surface area contributed by atoms with Crippen molar-refractivity contribution in [3.05, 3.63) is 0 Å². The average molecular weight is 284 g/mol. The molecule has 0 unspecified atom stereocenters. The second kappa shape index (κ2) is 5.60. The molecule has 2 saturated heterocycles. The van der Waals surface area contributed by atoms with Crippen molar-refractivity contribution in [1.82, 2.24) is 9.80 Å². The fourth-order valence-corrected chi connectivity index (χ4v) is 2.94. The van der Waals surface area contributed by atoms with Crippen LogP contribution in [0.2, 0.25) is 0 Å². The van der Waals surface area contributed by atoms with Gasteiger partial charge in [-0.25, -0.2) is 4.79 Å². The zero-order valence-corrected chi connectivity index (χ0v) is 12.5. The van der Waals surface area contributed by atoms with Gasteiger partial charge in [-0.1, -0.05) is 0 Å². The smallest absolute Gasteiger partial charge is 0.320 e. The highest BCUT2D eigenvalue weighted by Gasteiger charge is 2.39. The number of carbonyl (C=O) groups is 2. The molecule has 0 radical (unpaired) electrons. The fourth-order valence-electron chi connectivity index (χ4n) is 2.94. The molecule has 0 aromatic heterocycles. The number of piperidine rings is 1. The van der Waals surface area contributed by atoms with E-state index in [0.717, 1.165) is 0 Å². The molecule has 1 N–H and O–H groups in total. The Bertz CT molecular complexity index is 381. The van der Waals surface area contributed by atoms with Crippen LogP contribution in [-0.2, 0) is 9.53 Å². The number of carbonyl (C=O) groups excluding carboxylic acids is 1. The van der Waals surface area contributed by atoms with Crippen molar-refractivity contribution in [2.45, 2.75) is 45.8 Å². The van der Waals surface area contributed by atoms with E-state index in [1.54, 1.807) is 11.8 Å². The fraction of sp³-hybridized carbons (Fsp3) is 0.857. The Morgan fingerprint density at radius 2 is 1.60 bits per heavy atom. The lowest BCUT2D eigenvalue weighted by Gasteiger charge is -2.41. The van der Waals surface area contributed by atoms with Crippen molar-refractivity contribution in [2.75, 3.05) is 26.2 Å². The lowest BCUT2D eigenvalue weighted by atomic mass is 9.80. The summed E-state index contributed by atoms with van der Waals surface area (Å²) in [6.07, 6.45) is 1.14. The largest absolute Gasteiger partial charge is 0.481 e. The molecule has 114 valence electrons. The second-order valence-electron chi connectivity index (χ2n) is 6.30. The molecule has 2 fully saturated rings. The summed E-state index contributed by atoms with van der Waals surface area (Å²) in [5.41, 5.74) is -0.692. The Morgan fingerprint density at radius 1 is 1.10 bits per heavy atom. The molecule has 2 amide bonds. The molecule has 0 spiro atoms. The Kier molecular flexibility index (Phi) is 4.22. The van der Waals surface area contributed by atoms with E-state index in [9.17, 15) is 14.7 Å². The maximum atomic E-state index is 12.5. The Hall–Kier alpha value is -1.30. The maximum Gasteiger partial charge on any atom is 0.320 e. The third-order valence-corrected chi connectivity index (χ3v) is 4.34. The number of hydrogen-bond donors (Lipinski definition) is 1. The van der Waals surface area contributed by atoms with Gasteiger partial charge in [0, 0.05) is 26.2 Å². The molecule has 20 heavy (non-hydrogen) atoms. The van der Waals surface area contributed by atoms with E-state index in [-0.39, 0.29) is 18.2 Å². The van der Waals surface area contributed by atoms with Gasteiger partial charge in [0.1, 0.15) is 0 Å². The summed E-state index contributed by atoms with van der Waals surface area (Å²) in [6.45, 7) is 7.94. The van der Waals surface area contributed by atoms with Gasteiger partial charge in [-0.3, -0.25) is 4.79 Å². The van der Waals surface area contributed by atoms with Gasteiger partial charge in [-0.2, -0.15) is 0 Å². The molecule has 0 aliphatic carbocycles. The first-order valence-electron chi connectivity index (χ1n) is 7.24. The number of morpholine rings is 1. The summed E-state index contributed by atoms with van der Waals surface area (Å²) >= 11 is 0.